The molecule has 108 valence electrons. The highest BCUT2D eigenvalue weighted by Crippen LogP contribution is 2.21. The molecule has 0 saturated carbocycles. The van der Waals surface area contributed by atoms with Crippen molar-refractivity contribution >= 4 is 34.0 Å². The second-order valence-electron chi connectivity index (χ2n) is 5.03. The van der Waals surface area contributed by atoms with E-state index < -0.39 is 5.91 Å². The van der Waals surface area contributed by atoms with Crippen molar-refractivity contribution in [3.05, 3.63) is 48.0 Å². The summed E-state index contributed by atoms with van der Waals surface area (Å²) in [7, 11) is 0. The monoisotopic (exact) mass is 301 g/mol. The second-order valence-corrected chi connectivity index (χ2v) is 5.39. The Morgan fingerprint density at radius 3 is 2.76 bits per heavy atom. The summed E-state index contributed by atoms with van der Waals surface area (Å²) < 4.78 is 0. The molecular formula is C15H16ClN5. The fourth-order valence-electron chi connectivity index (χ4n) is 2.36. The van der Waals surface area contributed by atoms with Crippen molar-refractivity contribution in [2.24, 2.45) is 15.7 Å². The number of amidine groups is 1. The molecule has 0 fully saturated rings. The van der Waals surface area contributed by atoms with Gasteiger partial charge in [0.25, 0.3) is 0 Å². The van der Waals surface area contributed by atoms with Gasteiger partial charge in [0.2, 0.25) is 11.2 Å². The van der Waals surface area contributed by atoms with E-state index in [1.165, 1.54) is 17.1 Å². The van der Waals surface area contributed by atoms with E-state index in [9.17, 15) is 0 Å². The van der Waals surface area contributed by atoms with Crippen LogP contribution in [0.1, 0.15) is 18.5 Å². The van der Waals surface area contributed by atoms with Gasteiger partial charge in [-0.25, -0.2) is 9.98 Å². The topological polar surface area (TPSA) is 74.8 Å². The third-order valence-electron chi connectivity index (χ3n) is 3.44. The summed E-state index contributed by atoms with van der Waals surface area (Å²) in [6, 6.07) is 14.5. The van der Waals surface area contributed by atoms with E-state index >= 15 is 0 Å². The number of benzene rings is 2. The first-order valence-electron chi connectivity index (χ1n) is 6.66. The summed E-state index contributed by atoms with van der Waals surface area (Å²) in [6.45, 7) is 2.02. The number of halogens is 1. The van der Waals surface area contributed by atoms with Gasteiger partial charge in [0.1, 0.15) is 6.34 Å². The number of fused-ring (bicyclic) bond motifs is 1. The maximum Gasteiger partial charge on any atom is 0.245 e. The lowest BCUT2D eigenvalue weighted by atomic mass is 10.0. The van der Waals surface area contributed by atoms with E-state index in [4.69, 9.17) is 17.3 Å². The zero-order valence-corrected chi connectivity index (χ0v) is 12.3. The minimum absolute atomic E-state index is 0.00757. The molecule has 2 unspecified atom stereocenters. The molecule has 2 atom stereocenters. The molecule has 0 amide bonds. The van der Waals surface area contributed by atoms with Crippen LogP contribution in [-0.2, 0) is 0 Å². The second kappa shape index (κ2) is 5.44. The standard InChI is InChI=1S/C15H16ClN5/c1-10(20-15(17)19-9-18-14(16)21-15)12-7-6-11-4-2-3-5-13(11)8-12/h2-10,20H,17H2,1H3,(H,18,19,21). The van der Waals surface area contributed by atoms with Gasteiger partial charge >= 0.3 is 0 Å². The van der Waals surface area contributed by atoms with E-state index in [1.807, 2.05) is 19.1 Å². The molecule has 2 aromatic carbocycles. The van der Waals surface area contributed by atoms with E-state index in [-0.39, 0.29) is 11.3 Å². The van der Waals surface area contributed by atoms with Crippen LogP contribution in [0, 0.1) is 0 Å². The average molecular weight is 302 g/mol. The van der Waals surface area contributed by atoms with E-state index in [0.717, 1.165) is 5.56 Å². The van der Waals surface area contributed by atoms with Gasteiger partial charge < -0.3 is 5.32 Å². The molecule has 0 aliphatic carbocycles. The highest BCUT2D eigenvalue weighted by Gasteiger charge is 2.28. The number of hydrogen-bond acceptors (Lipinski definition) is 5. The number of aliphatic imine (C=N–C) groups is 2. The van der Waals surface area contributed by atoms with Crippen LogP contribution >= 0.6 is 11.6 Å². The predicted octanol–water partition coefficient (Wildman–Crippen LogP) is 2.29. The van der Waals surface area contributed by atoms with Gasteiger partial charge in [-0.05, 0) is 40.9 Å². The molecule has 0 radical (unpaired) electrons. The normalized spacial score (nSPS) is 22.7. The molecule has 0 saturated heterocycles. The Hall–Kier alpha value is -1.95. The summed E-state index contributed by atoms with van der Waals surface area (Å²) >= 11 is 5.84. The maximum absolute atomic E-state index is 6.11. The Morgan fingerprint density at radius 2 is 2.00 bits per heavy atom. The fourth-order valence-corrected chi connectivity index (χ4v) is 2.54. The van der Waals surface area contributed by atoms with Gasteiger partial charge in [-0.2, -0.15) is 0 Å². The van der Waals surface area contributed by atoms with Crippen molar-refractivity contribution in [2.45, 2.75) is 18.9 Å². The molecule has 0 spiro atoms. The summed E-state index contributed by atoms with van der Waals surface area (Å²) in [6.07, 6.45) is 1.35. The summed E-state index contributed by atoms with van der Waals surface area (Å²) in [4.78, 5) is 7.90. The molecule has 4 N–H and O–H groups in total. The molecular weight excluding hydrogens is 286 g/mol. The highest BCUT2D eigenvalue weighted by molar-refractivity contribution is 6.65. The summed E-state index contributed by atoms with van der Waals surface area (Å²) in [5.41, 5.74) is 7.23. The van der Waals surface area contributed by atoms with Crippen LogP contribution in [0.4, 0.5) is 0 Å². The maximum atomic E-state index is 6.11. The van der Waals surface area contributed by atoms with Crippen molar-refractivity contribution in [2.75, 3.05) is 0 Å². The zero-order chi connectivity index (χ0) is 14.9. The smallest absolute Gasteiger partial charge is 0.245 e. The molecule has 1 heterocycles. The van der Waals surface area contributed by atoms with Crippen molar-refractivity contribution in [3.8, 4) is 0 Å². The van der Waals surface area contributed by atoms with E-state index in [0.29, 0.717) is 0 Å². The molecule has 5 nitrogen and oxygen atoms in total. The fraction of sp³-hybridized carbons (Fsp3) is 0.200. The van der Waals surface area contributed by atoms with Gasteiger partial charge in [-0.3, -0.25) is 11.1 Å². The van der Waals surface area contributed by atoms with Crippen LogP contribution in [0.25, 0.3) is 10.8 Å². The van der Waals surface area contributed by atoms with Gasteiger partial charge in [-0.1, -0.05) is 36.4 Å². The molecule has 2 aromatic rings. The Bertz CT molecular complexity index is 727. The molecule has 3 rings (SSSR count). The lowest BCUT2D eigenvalue weighted by Gasteiger charge is -2.32. The van der Waals surface area contributed by atoms with Crippen molar-refractivity contribution in [1.29, 1.82) is 0 Å². The largest absolute Gasteiger partial charge is 0.311 e. The third-order valence-corrected chi connectivity index (χ3v) is 3.63. The molecule has 6 heteroatoms. The Balaban J connectivity index is 1.82. The Kier molecular flexibility index (Phi) is 3.63. The predicted molar refractivity (Wildman–Crippen MR) is 87.3 cm³/mol. The minimum Gasteiger partial charge on any atom is -0.311 e. The first kappa shape index (κ1) is 14.0. The summed E-state index contributed by atoms with van der Waals surface area (Å²) in [5, 5.41) is 8.64. The van der Waals surface area contributed by atoms with Gasteiger partial charge in [0.15, 0.2) is 0 Å². The van der Waals surface area contributed by atoms with Gasteiger partial charge in [-0.15, -0.1) is 0 Å². The Morgan fingerprint density at radius 1 is 1.24 bits per heavy atom. The van der Waals surface area contributed by atoms with Crippen molar-refractivity contribution in [3.63, 3.8) is 0 Å². The molecule has 1 aliphatic rings. The number of hydrogen-bond donors (Lipinski definition) is 3. The minimum atomic E-state index is -1.15. The first-order chi connectivity index (χ1) is 10.1. The van der Waals surface area contributed by atoms with Crippen molar-refractivity contribution < 1.29 is 0 Å². The number of rotatable bonds is 3. The van der Waals surface area contributed by atoms with E-state index in [1.54, 1.807) is 0 Å². The number of nitrogens with zero attached hydrogens (tertiary/aromatic N) is 2. The van der Waals surface area contributed by atoms with Crippen LogP contribution in [0.2, 0.25) is 0 Å². The summed E-state index contributed by atoms with van der Waals surface area (Å²) in [5.74, 6) is -1.15. The van der Waals surface area contributed by atoms with Gasteiger partial charge in [0, 0.05) is 6.04 Å². The van der Waals surface area contributed by atoms with Crippen LogP contribution in [-0.4, -0.2) is 17.5 Å². The molecule has 0 bridgehead atoms. The van der Waals surface area contributed by atoms with Gasteiger partial charge in [0.05, 0.1) is 0 Å². The van der Waals surface area contributed by atoms with Crippen LogP contribution in [0.15, 0.2) is 52.4 Å². The van der Waals surface area contributed by atoms with E-state index in [2.05, 4.69) is 51.0 Å². The SMILES string of the molecule is CC(NC1(N)N=CN=C(Cl)N1)c1ccc2ccccc2c1. The first-order valence-corrected chi connectivity index (χ1v) is 7.04. The highest BCUT2D eigenvalue weighted by atomic mass is 35.5. The average Bonchev–Trinajstić information content (AvgIpc) is 2.46. The van der Waals surface area contributed by atoms with Crippen LogP contribution < -0.4 is 16.4 Å². The number of nitrogens with two attached hydrogens (primary N) is 1. The molecule has 21 heavy (non-hydrogen) atoms. The van der Waals surface area contributed by atoms with Crippen LogP contribution in [0.5, 0.6) is 0 Å². The van der Waals surface area contributed by atoms with Crippen LogP contribution in [0.3, 0.4) is 0 Å². The molecule has 0 aromatic heterocycles. The third kappa shape index (κ3) is 3.05. The lowest BCUT2D eigenvalue weighted by molar-refractivity contribution is 0.290. The lowest BCUT2D eigenvalue weighted by Crippen LogP contribution is -2.65. The quantitative estimate of drug-likeness (QED) is 0.601. The Labute approximate surface area is 127 Å². The van der Waals surface area contributed by atoms with Crippen molar-refractivity contribution in [1.82, 2.24) is 10.6 Å². The molecule has 1 aliphatic heterocycles. The zero-order valence-electron chi connectivity index (χ0n) is 11.5. The number of nitrogens with one attached hydrogen (secondary N) is 2.